The predicted octanol–water partition coefficient (Wildman–Crippen LogP) is 2.66. The highest BCUT2D eigenvalue weighted by Gasteiger charge is 2.32. The van der Waals surface area contributed by atoms with Crippen LogP contribution < -0.4 is 15.8 Å². The van der Waals surface area contributed by atoms with Crippen molar-refractivity contribution < 1.29 is 22.6 Å². The van der Waals surface area contributed by atoms with Crippen LogP contribution in [0, 0.1) is 0 Å². The zero-order valence-corrected chi connectivity index (χ0v) is 11.7. The summed E-state index contributed by atoms with van der Waals surface area (Å²) < 4.78 is 46.1. The maximum Gasteiger partial charge on any atom is 0.573 e. The lowest BCUT2D eigenvalue weighted by Crippen LogP contribution is -2.25. The first-order valence-corrected chi connectivity index (χ1v) is 6.61. The predicted molar refractivity (Wildman–Crippen MR) is 76.8 cm³/mol. The Balaban J connectivity index is 2.01. The molecule has 1 aromatic carbocycles. The van der Waals surface area contributed by atoms with Gasteiger partial charge in [-0.05, 0) is 24.1 Å². The number of hydrogen-bond acceptors (Lipinski definition) is 3. The third kappa shape index (κ3) is 5.28. The van der Waals surface area contributed by atoms with E-state index in [9.17, 15) is 13.2 Å². The fourth-order valence-corrected chi connectivity index (χ4v) is 1.87. The second kappa shape index (κ2) is 7.17. The van der Waals surface area contributed by atoms with Gasteiger partial charge in [0.2, 0.25) is 0 Å². The highest BCUT2D eigenvalue weighted by atomic mass is 19.4. The van der Waals surface area contributed by atoms with Gasteiger partial charge in [-0.25, -0.2) is 4.99 Å². The minimum atomic E-state index is -4.77. The van der Waals surface area contributed by atoms with Crippen LogP contribution in [0.2, 0.25) is 0 Å². The number of nitrogens with zero attached hydrogens (tertiary/aromatic N) is 1. The summed E-state index contributed by atoms with van der Waals surface area (Å²) in [7, 11) is 0. The van der Waals surface area contributed by atoms with E-state index in [4.69, 9.17) is 10.5 Å². The van der Waals surface area contributed by atoms with E-state index in [1.807, 2.05) is 6.08 Å². The molecule has 0 radical (unpaired) electrons. The van der Waals surface area contributed by atoms with Crippen LogP contribution in [-0.4, -0.2) is 32.1 Å². The molecule has 0 aromatic heterocycles. The minimum Gasteiger partial charge on any atom is -0.404 e. The van der Waals surface area contributed by atoms with Crippen molar-refractivity contribution >= 4 is 11.6 Å². The lowest BCUT2D eigenvalue weighted by molar-refractivity contribution is -0.274. The van der Waals surface area contributed by atoms with Crippen molar-refractivity contribution in [3.05, 3.63) is 35.9 Å². The zero-order chi connectivity index (χ0) is 16.0. The van der Waals surface area contributed by atoms with E-state index in [1.54, 1.807) is 6.07 Å². The Hall–Kier alpha value is -2.22. The van der Waals surface area contributed by atoms with Crippen LogP contribution in [-0.2, 0) is 4.74 Å². The third-order valence-electron chi connectivity index (χ3n) is 2.81. The standard InChI is InChI=1S/C14H16F3N3O2/c15-14(16,17)22-12-6-2-1-5-11(12)20-13(18)19-8-10-4-3-7-21-9-10/h1-2,4-6H,3,7-9H2,(H3,18,19,20). The van der Waals surface area contributed by atoms with E-state index in [2.05, 4.69) is 15.0 Å². The number of para-hydroxylation sites is 2. The summed E-state index contributed by atoms with van der Waals surface area (Å²) in [6.45, 7) is 1.51. The quantitative estimate of drug-likeness (QED) is 0.509. The molecule has 2 rings (SSSR count). The average molecular weight is 315 g/mol. The summed E-state index contributed by atoms with van der Waals surface area (Å²) in [5.74, 6) is -0.363. The molecule has 5 nitrogen and oxygen atoms in total. The molecule has 3 N–H and O–H groups in total. The summed E-state index contributed by atoms with van der Waals surface area (Å²) in [6.07, 6.45) is -1.94. The molecule has 0 saturated carbocycles. The number of hydrogen-bond donors (Lipinski definition) is 2. The van der Waals surface area contributed by atoms with Crippen LogP contribution in [0.25, 0.3) is 0 Å². The van der Waals surface area contributed by atoms with E-state index >= 15 is 0 Å². The zero-order valence-electron chi connectivity index (χ0n) is 11.7. The summed E-state index contributed by atoms with van der Waals surface area (Å²) >= 11 is 0. The molecule has 1 aliphatic rings. The molecule has 1 aromatic rings. The first-order valence-electron chi connectivity index (χ1n) is 6.61. The number of anilines is 1. The van der Waals surface area contributed by atoms with Crippen LogP contribution in [0.5, 0.6) is 5.75 Å². The molecule has 0 bridgehead atoms. The van der Waals surface area contributed by atoms with Crippen molar-refractivity contribution in [2.45, 2.75) is 12.8 Å². The van der Waals surface area contributed by atoms with Crippen molar-refractivity contribution in [2.24, 2.45) is 10.7 Å². The first-order chi connectivity index (χ1) is 10.4. The summed E-state index contributed by atoms with van der Waals surface area (Å²) in [6, 6.07) is 5.62. The van der Waals surface area contributed by atoms with Gasteiger partial charge in [0, 0.05) is 0 Å². The molecule has 0 atom stereocenters. The Labute approximate surface area is 125 Å². The topological polar surface area (TPSA) is 68.9 Å². The van der Waals surface area contributed by atoms with Crippen LogP contribution in [0.15, 0.2) is 40.9 Å². The molecule has 8 heteroatoms. The third-order valence-corrected chi connectivity index (χ3v) is 2.81. The summed E-state index contributed by atoms with van der Waals surface area (Å²) in [5.41, 5.74) is 6.76. The number of ether oxygens (including phenoxy) is 2. The van der Waals surface area contributed by atoms with Gasteiger partial charge in [-0.2, -0.15) is 0 Å². The van der Waals surface area contributed by atoms with Crippen LogP contribution >= 0.6 is 0 Å². The monoisotopic (exact) mass is 315 g/mol. The number of nitrogens with two attached hydrogens (primary N) is 1. The molecule has 0 fully saturated rings. The molecule has 0 aliphatic carbocycles. The molecule has 0 saturated heterocycles. The number of rotatable bonds is 4. The Morgan fingerprint density at radius 3 is 2.82 bits per heavy atom. The smallest absolute Gasteiger partial charge is 0.404 e. The number of aliphatic imine (C=N–C) groups is 1. The van der Waals surface area contributed by atoms with Gasteiger partial charge >= 0.3 is 6.36 Å². The largest absolute Gasteiger partial charge is 0.573 e. The molecule has 1 heterocycles. The lowest BCUT2D eigenvalue weighted by Gasteiger charge is -2.15. The average Bonchev–Trinajstić information content (AvgIpc) is 2.47. The number of alkyl halides is 3. The van der Waals surface area contributed by atoms with Gasteiger partial charge in [0.25, 0.3) is 0 Å². The van der Waals surface area contributed by atoms with E-state index in [1.165, 1.54) is 18.2 Å². The Kier molecular flexibility index (Phi) is 5.26. The SMILES string of the molecule is NC(=NCC1=CCCOC1)Nc1ccccc1OC(F)(F)F. The van der Waals surface area contributed by atoms with Crippen molar-refractivity contribution in [3.8, 4) is 5.75 Å². The van der Waals surface area contributed by atoms with Crippen LogP contribution in [0.3, 0.4) is 0 Å². The Morgan fingerprint density at radius 2 is 2.14 bits per heavy atom. The second-order valence-corrected chi connectivity index (χ2v) is 4.57. The molecular weight excluding hydrogens is 299 g/mol. The summed E-state index contributed by atoms with van der Waals surface area (Å²) in [4.78, 5) is 4.08. The number of benzene rings is 1. The number of guanidine groups is 1. The Morgan fingerprint density at radius 1 is 1.36 bits per heavy atom. The molecule has 0 spiro atoms. The fourth-order valence-electron chi connectivity index (χ4n) is 1.87. The highest BCUT2D eigenvalue weighted by Crippen LogP contribution is 2.29. The van der Waals surface area contributed by atoms with Gasteiger partial charge in [0.05, 0.1) is 25.4 Å². The molecule has 120 valence electrons. The van der Waals surface area contributed by atoms with Gasteiger partial charge < -0.3 is 20.5 Å². The molecule has 0 unspecified atom stereocenters. The Bertz CT molecular complexity index is 571. The second-order valence-electron chi connectivity index (χ2n) is 4.57. The summed E-state index contributed by atoms with van der Waals surface area (Å²) in [5, 5.41) is 2.61. The van der Waals surface area contributed by atoms with Gasteiger partial charge in [-0.15, -0.1) is 13.2 Å². The molecular formula is C14H16F3N3O2. The van der Waals surface area contributed by atoms with Gasteiger partial charge in [-0.1, -0.05) is 18.2 Å². The normalized spacial score (nSPS) is 16.1. The fraction of sp³-hybridized carbons (Fsp3) is 0.357. The van der Waals surface area contributed by atoms with Crippen molar-refractivity contribution in [2.75, 3.05) is 25.1 Å². The van der Waals surface area contributed by atoms with Crippen molar-refractivity contribution in [1.29, 1.82) is 0 Å². The molecule has 1 aliphatic heterocycles. The van der Waals surface area contributed by atoms with E-state index in [-0.39, 0.29) is 17.4 Å². The highest BCUT2D eigenvalue weighted by molar-refractivity contribution is 5.93. The van der Waals surface area contributed by atoms with E-state index < -0.39 is 6.36 Å². The first kappa shape index (κ1) is 16.2. The van der Waals surface area contributed by atoms with E-state index in [0.717, 1.165) is 12.0 Å². The van der Waals surface area contributed by atoms with Gasteiger partial charge in [0.15, 0.2) is 11.7 Å². The minimum absolute atomic E-state index is 0.00435. The van der Waals surface area contributed by atoms with E-state index in [0.29, 0.717) is 19.8 Å². The maximum atomic E-state index is 12.3. The van der Waals surface area contributed by atoms with Gasteiger partial charge in [0.1, 0.15) is 0 Å². The number of nitrogens with one attached hydrogen (secondary N) is 1. The van der Waals surface area contributed by atoms with Crippen LogP contribution in [0.4, 0.5) is 18.9 Å². The molecule has 22 heavy (non-hydrogen) atoms. The number of halogens is 3. The van der Waals surface area contributed by atoms with Crippen molar-refractivity contribution in [1.82, 2.24) is 0 Å². The molecule has 0 amide bonds. The van der Waals surface area contributed by atoms with Crippen LogP contribution in [0.1, 0.15) is 6.42 Å². The van der Waals surface area contributed by atoms with Gasteiger partial charge in [-0.3, -0.25) is 0 Å². The lowest BCUT2D eigenvalue weighted by atomic mass is 10.2. The maximum absolute atomic E-state index is 12.3. The van der Waals surface area contributed by atoms with Crippen molar-refractivity contribution in [3.63, 3.8) is 0 Å².